The van der Waals surface area contributed by atoms with Gasteiger partial charge in [-0.1, -0.05) is 6.07 Å². The summed E-state index contributed by atoms with van der Waals surface area (Å²) in [5, 5.41) is 8.52. The lowest BCUT2D eigenvalue weighted by atomic mass is 10.2. The zero-order valence-corrected chi connectivity index (χ0v) is 7.03. The SMILES string of the molecule is O.OCCCCc1ccccn1. The van der Waals surface area contributed by atoms with Crippen molar-refractivity contribution in [2.45, 2.75) is 19.3 Å². The third kappa shape index (κ3) is 4.05. The summed E-state index contributed by atoms with van der Waals surface area (Å²) in [6.07, 6.45) is 4.67. The number of hydrogen-bond acceptors (Lipinski definition) is 2. The van der Waals surface area contributed by atoms with Gasteiger partial charge >= 0.3 is 0 Å². The molecular formula is C9H15NO2. The molecule has 0 bridgehead atoms. The first-order valence-corrected chi connectivity index (χ1v) is 3.94. The topological polar surface area (TPSA) is 64.6 Å². The van der Waals surface area contributed by atoms with Gasteiger partial charge in [-0.05, 0) is 31.4 Å². The fraction of sp³-hybridized carbons (Fsp3) is 0.444. The predicted octanol–water partition coefficient (Wildman–Crippen LogP) is 0.572. The van der Waals surface area contributed by atoms with Crippen LogP contribution in [0.4, 0.5) is 0 Å². The van der Waals surface area contributed by atoms with Crippen LogP contribution in [-0.2, 0) is 6.42 Å². The maximum absolute atomic E-state index is 8.52. The van der Waals surface area contributed by atoms with Gasteiger partial charge in [0.25, 0.3) is 0 Å². The Morgan fingerprint density at radius 1 is 1.25 bits per heavy atom. The highest BCUT2D eigenvalue weighted by atomic mass is 16.2. The standard InChI is InChI=1S/C9H13NO.H2O/c11-8-4-2-6-9-5-1-3-7-10-9;/h1,3,5,7,11H,2,4,6,8H2;1H2. The molecule has 0 atom stereocenters. The molecule has 3 nitrogen and oxygen atoms in total. The highest BCUT2D eigenvalue weighted by Gasteiger charge is 1.91. The molecule has 1 aromatic rings. The Morgan fingerprint density at radius 2 is 2.08 bits per heavy atom. The van der Waals surface area contributed by atoms with E-state index < -0.39 is 0 Å². The lowest BCUT2D eigenvalue weighted by Crippen LogP contribution is -1.90. The third-order valence-electron chi connectivity index (χ3n) is 1.57. The fourth-order valence-corrected chi connectivity index (χ4v) is 0.964. The Kier molecular flexibility index (Phi) is 6.24. The van der Waals surface area contributed by atoms with Gasteiger partial charge in [-0.2, -0.15) is 0 Å². The summed E-state index contributed by atoms with van der Waals surface area (Å²) in [5.41, 5.74) is 1.11. The van der Waals surface area contributed by atoms with Crippen molar-refractivity contribution in [2.24, 2.45) is 0 Å². The number of unbranched alkanes of at least 4 members (excludes halogenated alkanes) is 1. The molecule has 0 spiro atoms. The van der Waals surface area contributed by atoms with E-state index in [0.29, 0.717) is 0 Å². The van der Waals surface area contributed by atoms with Gasteiger partial charge in [-0.25, -0.2) is 0 Å². The van der Waals surface area contributed by atoms with Gasteiger partial charge in [-0.15, -0.1) is 0 Å². The zero-order valence-electron chi connectivity index (χ0n) is 7.03. The van der Waals surface area contributed by atoms with Crippen LogP contribution in [0.3, 0.4) is 0 Å². The lowest BCUT2D eigenvalue weighted by molar-refractivity contribution is 0.284. The first kappa shape index (κ1) is 11.1. The van der Waals surface area contributed by atoms with Crippen molar-refractivity contribution in [1.29, 1.82) is 0 Å². The van der Waals surface area contributed by atoms with E-state index in [1.807, 2.05) is 18.2 Å². The van der Waals surface area contributed by atoms with Crippen LogP contribution >= 0.6 is 0 Å². The molecule has 0 fully saturated rings. The largest absolute Gasteiger partial charge is 0.412 e. The fourth-order valence-electron chi connectivity index (χ4n) is 0.964. The molecule has 0 aliphatic carbocycles. The Hall–Kier alpha value is -0.930. The molecule has 68 valence electrons. The van der Waals surface area contributed by atoms with E-state index in [9.17, 15) is 0 Å². The van der Waals surface area contributed by atoms with E-state index in [1.165, 1.54) is 0 Å². The molecule has 0 aliphatic rings. The minimum Gasteiger partial charge on any atom is -0.412 e. The Balaban J connectivity index is 0.00000121. The third-order valence-corrected chi connectivity index (χ3v) is 1.57. The average molecular weight is 169 g/mol. The van der Waals surface area contributed by atoms with Gasteiger partial charge in [-0.3, -0.25) is 4.98 Å². The van der Waals surface area contributed by atoms with E-state index in [2.05, 4.69) is 4.98 Å². The highest BCUT2D eigenvalue weighted by Crippen LogP contribution is 1.99. The average Bonchev–Trinajstić information content (AvgIpc) is 2.07. The van der Waals surface area contributed by atoms with E-state index >= 15 is 0 Å². The summed E-state index contributed by atoms with van der Waals surface area (Å²) in [6, 6.07) is 5.91. The summed E-state index contributed by atoms with van der Waals surface area (Å²) in [7, 11) is 0. The van der Waals surface area contributed by atoms with E-state index in [4.69, 9.17) is 5.11 Å². The Morgan fingerprint density at radius 3 is 2.67 bits per heavy atom. The highest BCUT2D eigenvalue weighted by molar-refractivity contribution is 5.03. The number of aryl methyl sites for hydroxylation is 1. The first-order chi connectivity index (χ1) is 5.43. The molecule has 12 heavy (non-hydrogen) atoms. The molecule has 0 aliphatic heterocycles. The summed E-state index contributed by atoms with van der Waals surface area (Å²) >= 11 is 0. The van der Waals surface area contributed by atoms with E-state index in [0.717, 1.165) is 25.0 Å². The van der Waals surface area contributed by atoms with Gasteiger partial charge in [0.05, 0.1) is 0 Å². The van der Waals surface area contributed by atoms with Gasteiger partial charge in [0.2, 0.25) is 0 Å². The van der Waals surface area contributed by atoms with Crippen LogP contribution in [-0.4, -0.2) is 22.2 Å². The van der Waals surface area contributed by atoms with Crippen molar-refractivity contribution >= 4 is 0 Å². The minimum absolute atomic E-state index is 0. The van der Waals surface area contributed by atoms with Crippen LogP contribution in [0.5, 0.6) is 0 Å². The second kappa shape index (κ2) is 6.76. The minimum atomic E-state index is 0. The first-order valence-electron chi connectivity index (χ1n) is 3.94. The van der Waals surface area contributed by atoms with Crippen molar-refractivity contribution in [2.75, 3.05) is 6.61 Å². The molecule has 0 radical (unpaired) electrons. The van der Waals surface area contributed by atoms with Crippen molar-refractivity contribution in [1.82, 2.24) is 4.98 Å². The maximum atomic E-state index is 8.52. The summed E-state index contributed by atoms with van der Waals surface area (Å²) in [6.45, 7) is 0.285. The predicted molar refractivity (Wildman–Crippen MR) is 47.9 cm³/mol. The number of aromatic nitrogens is 1. The normalized spacial score (nSPS) is 9.08. The number of hydrogen-bond donors (Lipinski definition) is 1. The van der Waals surface area contributed by atoms with Crippen LogP contribution in [0.15, 0.2) is 24.4 Å². The number of aliphatic hydroxyl groups excluding tert-OH is 1. The Labute approximate surface area is 72.4 Å². The number of aliphatic hydroxyl groups is 1. The summed E-state index contributed by atoms with van der Waals surface area (Å²) in [4.78, 5) is 4.17. The monoisotopic (exact) mass is 169 g/mol. The van der Waals surface area contributed by atoms with Gasteiger partial charge < -0.3 is 10.6 Å². The number of pyridine rings is 1. The van der Waals surface area contributed by atoms with Crippen molar-refractivity contribution in [3.63, 3.8) is 0 Å². The second-order valence-corrected chi connectivity index (χ2v) is 2.50. The molecule has 1 rings (SSSR count). The molecule has 0 aromatic carbocycles. The number of nitrogens with zero attached hydrogens (tertiary/aromatic N) is 1. The van der Waals surface area contributed by atoms with Gasteiger partial charge in [0.1, 0.15) is 0 Å². The van der Waals surface area contributed by atoms with Crippen molar-refractivity contribution in [3.05, 3.63) is 30.1 Å². The molecule has 1 heterocycles. The second-order valence-electron chi connectivity index (χ2n) is 2.50. The van der Waals surface area contributed by atoms with E-state index in [-0.39, 0.29) is 12.1 Å². The van der Waals surface area contributed by atoms with Crippen LogP contribution in [0.2, 0.25) is 0 Å². The molecular weight excluding hydrogens is 154 g/mol. The van der Waals surface area contributed by atoms with Gasteiger partial charge in [0, 0.05) is 18.5 Å². The molecule has 0 amide bonds. The van der Waals surface area contributed by atoms with Crippen LogP contribution in [0.1, 0.15) is 18.5 Å². The molecule has 0 saturated heterocycles. The van der Waals surface area contributed by atoms with Crippen LogP contribution in [0, 0.1) is 0 Å². The summed E-state index contributed by atoms with van der Waals surface area (Å²) < 4.78 is 0. The van der Waals surface area contributed by atoms with Crippen molar-refractivity contribution < 1.29 is 10.6 Å². The molecule has 0 saturated carbocycles. The van der Waals surface area contributed by atoms with Crippen molar-refractivity contribution in [3.8, 4) is 0 Å². The molecule has 1 aromatic heterocycles. The zero-order chi connectivity index (χ0) is 7.94. The van der Waals surface area contributed by atoms with Crippen LogP contribution in [0.25, 0.3) is 0 Å². The quantitative estimate of drug-likeness (QED) is 0.670. The maximum Gasteiger partial charge on any atom is 0.0431 e. The molecule has 3 heteroatoms. The molecule has 3 N–H and O–H groups in total. The Bertz CT molecular complexity index is 189. The number of rotatable bonds is 4. The van der Waals surface area contributed by atoms with E-state index in [1.54, 1.807) is 6.20 Å². The van der Waals surface area contributed by atoms with Gasteiger partial charge in [0.15, 0.2) is 0 Å². The smallest absolute Gasteiger partial charge is 0.0431 e. The lowest BCUT2D eigenvalue weighted by Gasteiger charge is -1.96. The summed E-state index contributed by atoms with van der Waals surface area (Å²) in [5.74, 6) is 0. The molecule has 0 unspecified atom stereocenters. The van der Waals surface area contributed by atoms with Crippen LogP contribution < -0.4 is 0 Å².